The lowest BCUT2D eigenvalue weighted by Crippen LogP contribution is -2.49. The third-order valence-corrected chi connectivity index (χ3v) is 6.76. The van der Waals surface area contributed by atoms with E-state index >= 15 is 0 Å². The van der Waals surface area contributed by atoms with E-state index in [0.29, 0.717) is 25.2 Å². The number of amides is 1. The van der Waals surface area contributed by atoms with Gasteiger partial charge >= 0.3 is 0 Å². The van der Waals surface area contributed by atoms with E-state index in [9.17, 15) is 13.6 Å². The first kappa shape index (κ1) is 17.7. The van der Waals surface area contributed by atoms with Gasteiger partial charge in [0.05, 0.1) is 23.4 Å². The van der Waals surface area contributed by atoms with Gasteiger partial charge < -0.3 is 5.32 Å². The third-order valence-electron chi connectivity index (χ3n) is 5.55. The SMILES string of the molecule is O=C(NC1CCCCC1(F)F)c1nc(-c2cnn3ccccc23)c(C2CC2)s1. The van der Waals surface area contributed by atoms with E-state index < -0.39 is 17.9 Å². The van der Waals surface area contributed by atoms with Crippen LogP contribution in [0.5, 0.6) is 0 Å². The van der Waals surface area contributed by atoms with E-state index in [-0.39, 0.29) is 11.4 Å². The van der Waals surface area contributed by atoms with Crippen LogP contribution in [0.15, 0.2) is 30.6 Å². The third kappa shape index (κ3) is 3.09. The zero-order chi connectivity index (χ0) is 19.3. The van der Waals surface area contributed by atoms with Crippen molar-refractivity contribution >= 4 is 22.8 Å². The van der Waals surface area contributed by atoms with Gasteiger partial charge in [0, 0.05) is 23.1 Å². The maximum atomic E-state index is 14.1. The van der Waals surface area contributed by atoms with Crippen molar-refractivity contribution in [2.45, 2.75) is 56.4 Å². The Balaban J connectivity index is 1.48. The molecule has 2 saturated carbocycles. The highest BCUT2D eigenvalue weighted by molar-refractivity contribution is 7.14. The van der Waals surface area contributed by atoms with Gasteiger partial charge in [-0.15, -0.1) is 11.3 Å². The molecule has 1 N–H and O–H groups in total. The summed E-state index contributed by atoms with van der Waals surface area (Å²) in [6, 6.07) is 4.68. The zero-order valence-corrected chi connectivity index (χ0v) is 16.0. The molecule has 2 aliphatic rings. The number of nitrogens with zero attached hydrogens (tertiary/aromatic N) is 3. The van der Waals surface area contributed by atoms with Crippen LogP contribution in [0.1, 0.15) is 59.1 Å². The van der Waals surface area contributed by atoms with Gasteiger partial charge in [-0.25, -0.2) is 18.3 Å². The average Bonchev–Trinajstić information content (AvgIpc) is 3.28. The molecule has 3 aromatic rings. The molecule has 0 radical (unpaired) electrons. The maximum Gasteiger partial charge on any atom is 0.280 e. The molecule has 0 saturated heterocycles. The summed E-state index contributed by atoms with van der Waals surface area (Å²) in [5, 5.41) is 7.17. The molecule has 5 rings (SSSR count). The highest BCUT2D eigenvalue weighted by Gasteiger charge is 2.43. The number of alkyl halides is 2. The summed E-state index contributed by atoms with van der Waals surface area (Å²) >= 11 is 1.33. The first-order chi connectivity index (χ1) is 13.5. The van der Waals surface area contributed by atoms with Crippen LogP contribution in [0.4, 0.5) is 8.78 Å². The van der Waals surface area contributed by atoms with E-state index in [1.165, 1.54) is 11.3 Å². The Kier molecular flexibility index (Phi) is 4.19. The van der Waals surface area contributed by atoms with E-state index in [1.54, 1.807) is 10.7 Å². The van der Waals surface area contributed by atoms with Crippen molar-refractivity contribution in [3.05, 3.63) is 40.5 Å². The van der Waals surface area contributed by atoms with E-state index in [4.69, 9.17) is 0 Å². The molecular formula is C20H20F2N4OS. The predicted molar refractivity (Wildman–Crippen MR) is 103 cm³/mol. The van der Waals surface area contributed by atoms with Gasteiger partial charge in [-0.2, -0.15) is 5.10 Å². The molecule has 0 aliphatic heterocycles. The maximum absolute atomic E-state index is 14.1. The van der Waals surface area contributed by atoms with Crippen LogP contribution < -0.4 is 5.32 Å². The van der Waals surface area contributed by atoms with Crippen molar-refractivity contribution in [3.63, 3.8) is 0 Å². The molecule has 8 heteroatoms. The topological polar surface area (TPSA) is 59.3 Å². The number of hydrogen-bond acceptors (Lipinski definition) is 4. The lowest BCUT2D eigenvalue weighted by molar-refractivity contribution is -0.0609. The molecule has 5 nitrogen and oxygen atoms in total. The molecule has 3 aromatic heterocycles. The standard InChI is InChI=1S/C20H20F2N4OS/c21-20(22)9-3-1-6-15(20)24-18(27)19-25-16(17(28-19)12-7-8-12)13-11-23-26-10-4-2-5-14(13)26/h2,4-5,10-12,15H,1,3,6-9H2,(H,24,27). The molecule has 146 valence electrons. The van der Waals surface area contributed by atoms with Crippen LogP contribution >= 0.6 is 11.3 Å². The number of pyridine rings is 1. The average molecular weight is 402 g/mol. The summed E-state index contributed by atoms with van der Waals surface area (Å²) in [5.41, 5.74) is 2.55. The Hall–Kier alpha value is -2.35. The van der Waals surface area contributed by atoms with Crippen molar-refractivity contribution in [1.82, 2.24) is 19.9 Å². The minimum atomic E-state index is -2.85. The molecule has 28 heavy (non-hydrogen) atoms. The summed E-state index contributed by atoms with van der Waals surface area (Å²) in [6.07, 6.45) is 7.10. The minimum absolute atomic E-state index is 0.170. The summed E-state index contributed by atoms with van der Waals surface area (Å²) in [5.74, 6) is -2.96. The first-order valence-corrected chi connectivity index (χ1v) is 10.5. The summed E-state index contributed by atoms with van der Waals surface area (Å²) in [6.45, 7) is 0. The largest absolute Gasteiger partial charge is 0.341 e. The lowest BCUT2D eigenvalue weighted by atomic mass is 9.91. The Labute approximate surface area is 164 Å². The Morgan fingerprint density at radius 1 is 1.25 bits per heavy atom. The fourth-order valence-electron chi connectivity index (χ4n) is 3.85. The van der Waals surface area contributed by atoms with Crippen LogP contribution in [0.3, 0.4) is 0 Å². The molecule has 1 unspecified atom stereocenters. The number of rotatable bonds is 4. The molecule has 0 aromatic carbocycles. The lowest BCUT2D eigenvalue weighted by Gasteiger charge is -2.31. The van der Waals surface area contributed by atoms with Crippen molar-refractivity contribution in [1.29, 1.82) is 0 Å². The first-order valence-electron chi connectivity index (χ1n) is 9.65. The highest BCUT2D eigenvalue weighted by atomic mass is 32.1. The molecule has 1 atom stereocenters. The van der Waals surface area contributed by atoms with Crippen molar-refractivity contribution in [2.24, 2.45) is 0 Å². The Morgan fingerprint density at radius 2 is 2.11 bits per heavy atom. The van der Waals surface area contributed by atoms with Gasteiger partial charge in [0.1, 0.15) is 0 Å². The number of aromatic nitrogens is 3. The number of halogens is 2. The molecule has 1 amide bonds. The van der Waals surface area contributed by atoms with Crippen LogP contribution in [-0.2, 0) is 0 Å². The number of nitrogens with one attached hydrogen (secondary N) is 1. The Bertz CT molecular complexity index is 1040. The van der Waals surface area contributed by atoms with Gasteiger partial charge in [-0.05, 0) is 43.7 Å². The number of carbonyl (C=O) groups excluding carboxylic acids is 1. The molecule has 3 heterocycles. The van der Waals surface area contributed by atoms with Gasteiger partial charge in [0.15, 0.2) is 5.01 Å². The van der Waals surface area contributed by atoms with Crippen molar-refractivity contribution < 1.29 is 13.6 Å². The van der Waals surface area contributed by atoms with E-state index in [1.807, 2.05) is 24.4 Å². The van der Waals surface area contributed by atoms with Crippen molar-refractivity contribution in [3.8, 4) is 11.3 Å². The van der Waals surface area contributed by atoms with E-state index in [0.717, 1.165) is 34.5 Å². The van der Waals surface area contributed by atoms with E-state index in [2.05, 4.69) is 15.4 Å². The van der Waals surface area contributed by atoms with Crippen LogP contribution in [0.2, 0.25) is 0 Å². The molecule has 0 spiro atoms. The summed E-state index contributed by atoms with van der Waals surface area (Å²) in [4.78, 5) is 18.4. The highest BCUT2D eigenvalue weighted by Crippen LogP contribution is 2.48. The monoisotopic (exact) mass is 402 g/mol. The van der Waals surface area contributed by atoms with Gasteiger partial charge in [-0.3, -0.25) is 4.79 Å². The number of fused-ring (bicyclic) bond motifs is 1. The van der Waals surface area contributed by atoms with Gasteiger partial charge in [0.2, 0.25) is 0 Å². The quantitative estimate of drug-likeness (QED) is 0.691. The summed E-state index contributed by atoms with van der Waals surface area (Å²) < 4.78 is 30.0. The fourth-order valence-corrected chi connectivity index (χ4v) is 5.01. The minimum Gasteiger partial charge on any atom is -0.341 e. The van der Waals surface area contributed by atoms with Gasteiger partial charge in [-0.1, -0.05) is 12.5 Å². The van der Waals surface area contributed by atoms with Crippen molar-refractivity contribution in [2.75, 3.05) is 0 Å². The molecule has 2 aliphatic carbocycles. The number of hydrogen-bond donors (Lipinski definition) is 1. The van der Waals surface area contributed by atoms with Crippen LogP contribution in [0.25, 0.3) is 16.8 Å². The summed E-state index contributed by atoms with van der Waals surface area (Å²) in [7, 11) is 0. The predicted octanol–water partition coefficient (Wildman–Crippen LogP) is 4.64. The second-order valence-corrected chi connectivity index (χ2v) is 8.66. The zero-order valence-electron chi connectivity index (χ0n) is 15.2. The molecule has 0 bridgehead atoms. The molecule has 2 fully saturated rings. The van der Waals surface area contributed by atoms with Crippen LogP contribution in [0, 0.1) is 0 Å². The second kappa shape index (κ2) is 6.62. The normalized spacial score (nSPS) is 21.7. The number of carbonyl (C=O) groups is 1. The molecular weight excluding hydrogens is 382 g/mol. The van der Waals surface area contributed by atoms with Gasteiger partial charge in [0.25, 0.3) is 11.8 Å². The smallest absolute Gasteiger partial charge is 0.280 e. The Morgan fingerprint density at radius 3 is 2.89 bits per heavy atom. The number of thiazole rings is 1. The fraction of sp³-hybridized carbons (Fsp3) is 0.450. The second-order valence-electron chi connectivity index (χ2n) is 7.63. The van der Waals surface area contributed by atoms with Crippen LogP contribution in [-0.4, -0.2) is 32.5 Å².